The van der Waals surface area contributed by atoms with Gasteiger partial charge in [-0.1, -0.05) is 35.9 Å². The SMILES string of the molecule is Cc1cccc(Cl)c1NC(=O)N1CCN(c2ccccc2F)CC1. The molecule has 1 aliphatic rings. The Balaban J connectivity index is 1.62. The van der Waals surface area contributed by atoms with E-state index in [2.05, 4.69) is 5.32 Å². The number of rotatable bonds is 2. The fourth-order valence-electron chi connectivity index (χ4n) is 2.83. The van der Waals surface area contributed by atoms with Crippen molar-refractivity contribution in [2.24, 2.45) is 0 Å². The van der Waals surface area contributed by atoms with Crippen LogP contribution in [-0.2, 0) is 0 Å². The molecule has 24 heavy (non-hydrogen) atoms. The fourth-order valence-corrected chi connectivity index (χ4v) is 3.10. The molecule has 2 aromatic rings. The number of hydrogen-bond acceptors (Lipinski definition) is 2. The fraction of sp³-hybridized carbons (Fsp3) is 0.278. The van der Waals surface area contributed by atoms with Crippen LogP contribution in [0.2, 0.25) is 5.02 Å². The normalized spacial score (nSPS) is 14.6. The molecule has 1 aliphatic heterocycles. The van der Waals surface area contributed by atoms with E-state index in [1.807, 2.05) is 30.0 Å². The van der Waals surface area contributed by atoms with Crippen molar-refractivity contribution in [1.82, 2.24) is 4.90 Å². The van der Waals surface area contributed by atoms with E-state index in [0.717, 1.165) is 5.56 Å². The zero-order valence-corrected chi connectivity index (χ0v) is 14.2. The monoisotopic (exact) mass is 347 g/mol. The van der Waals surface area contributed by atoms with Crippen LogP contribution in [0.15, 0.2) is 42.5 Å². The maximum Gasteiger partial charge on any atom is 0.322 e. The first-order valence-corrected chi connectivity index (χ1v) is 8.24. The van der Waals surface area contributed by atoms with Gasteiger partial charge in [-0.25, -0.2) is 9.18 Å². The molecule has 0 atom stereocenters. The summed E-state index contributed by atoms with van der Waals surface area (Å²) in [6.45, 7) is 4.15. The Kier molecular flexibility index (Phi) is 4.90. The first-order chi connectivity index (χ1) is 11.6. The van der Waals surface area contributed by atoms with Crippen LogP contribution in [0.4, 0.5) is 20.6 Å². The van der Waals surface area contributed by atoms with Gasteiger partial charge < -0.3 is 15.1 Å². The molecule has 0 radical (unpaired) electrons. The molecule has 2 aromatic carbocycles. The van der Waals surface area contributed by atoms with Crippen LogP contribution in [0.5, 0.6) is 0 Å². The number of para-hydroxylation sites is 2. The van der Waals surface area contributed by atoms with Crippen LogP contribution in [0.25, 0.3) is 0 Å². The Hall–Kier alpha value is -2.27. The van der Waals surface area contributed by atoms with E-state index in [0.29, 0.717) is 42.6 Å². The topological polar surface area (TPSA) is 35.6 Å². The van der Waals surface area contributed by atoms with Crippen molar-refractivity contribution in [3.8, 4) is 0 Å². The summed E-state index contributed by atoms with van der Waals surface area (Å²) in [7, 11) is 0. The van der Waals surface area contributed by atoms with E-state index in [1.165, 1.54) is 6.07 Å². The molecule has 1 saturated heterocycles. The van der Waals surface area contributed by atoms with Gasteiger partial charge >= 0.3 is 6.03 Å². The van der Waals surface area contributed by atoms with Gasteiger partial charge in [0, 0.05) is 26.2 Å². The van der Waals surface area contributed by atoms with Crippen molar-refractivity contribution in [2.75, 3.05) is 36.4 Å². The summed E-state index contributed by atoms with van der Waals surface area (Å²) in [4.78, 5) is 16.1. The van der Waals surface area contributed by atoms with Crippen molar-refractivity contribution < 1.29 is 9.18 Å². The molecule has 6 heteroatoms. The van der Waals surface area contributed by atoms with Gasteiger partial charge in [0.15, 0.2) is 0 Å². The molecule has 0 aromatic heterocycles. The molecule has 0 bridgehead atoms. The van der Waals surface area contributed by atoms with Gasteiger partial charge in [0.05, 0.1) is 16.4 Å². The maximum atomic E-state index is 13.9. The summed E-state index contributed by atoms with van der Waals surface area (Å²) in [6, 6.07) is 12.0. The molecule has 0 unspecified atom stereocenters. The predicted octanol–water partition coefficient (Wildman–Crippen LogP) is 4.14. The second-order valence-corrected chi connectivity index (χ2v) is 6.19. The summed E-state index contributed by atoms with van der Waals surface area (Å²) in [6.07, 6.45) is 0. The minimum Gasteiger partial charge on any atom is -0.366 e. The summed E-state index contributed by atoms with van der Waals surface area (Å²) in [5, 5.41) is 3.40. The number of anilines is 2. The molecule has 2 amide bonds. The van der Waals surface area contributed by atoms with Crippen LogP contribution >= 0.6 is 11.6 Å². The number of benzene rings is 2. The number of aryl methyl sites for hydroxylation is 1. The number of amides is 2. The van der Waals surface area contributed by atoms with Crippen LogP contribution in [0.1, 0.15) is 5.56 Å². The van der Waals surface area contributed by atoms with Crippen LogP contribution in [0.3, 0.4) is 0 Å². The third-order valence-electron chi connectivity index (χ3n) is 4.21. The van der Waals surface area contributed by atoms with E-state index < -0.39 is 0 Å². The van der Waals surface area contributed by atoms with Gasteiger partial charge in [0.25, 0.3) is 0 Å². The molecule has 126 valence electrons. The molecule has 4 nitrogen and oxygen atoms in total. The lowest BCUT2D eigenvalue weighted by Crippen LogP contribution is -2.50. The van der Waals surface area contributed by atoms with Gasteiger partial charge in [0.1, 0.15) is 5.82 Å². The van der Waals surface area contributed by atoms with Crippen molar-refractivity contribution in [3.63, 3.8) is 0 Å². The number of halogens is 2. The van der Waals surface area contributed by atoms with Gasteiger partial charge in [-0.2, -0.15) is 0 Å². The third kappa shape index (κ3) is 3.46. The van der Waals surface area contributed by atoms with Crippen molar-refractivity contribution >= 4 is 29.0 Å². The average Bonchev–Trinajstić information content (AvgIpc) is 2.59. The quantitative estimate of drug-likeness (QED) is 0.886. The smallest absolute Gasteiger partial charge is 0.322 e. The number of hydrogen-bond donors (Lipinski definition) is 1. The summed E-state index contributed by atoms with van der Waals surface area (Å²) in [5.74, 6) is -0.234. The summed E-state index contributed by atoms with van der Waals surface area (Å²) < 4.78 is 13.9. The highest BCUT2D eigenvalue weighted by atomic mass is 35.5. The minimum atomic E-state index is -0.234. The largest absolute Gasteiger partial charge is 0.366 e. The molecule has 1 fully saturated rings. The molecule has 0 spiro atoms. The lowest BCUT2D eigenvalue weighted by Gasteiger charge is -2.36. The Morgan fingerprint density at radius 3 is 2.46 bits per heavy atom. The Morgan fingerprint density at radius 1 is 1.08 bits per heavy atom. The average molecular weight is 348 g/mol. The zero-order valence-electron chi connectivity index (χ0n) is 13.4. The number of nitrogens with one attached hydrogen (secondary N) is 1. The van der Waals surface area contributed by atoms with Crippen LogP contribution in [-0.4, -0.2) is 37.1 Å². The summed E-state index contributed by atoms with van der Waals surface area (Å²) >= 11 is 6.15. The minimum absolute atomic E-state index is 0.181. The highest BCUT2D eigenvalue weighted by molar-refractivity contribution is 6.33. The number of carbonyl (C=O) groups is 1. The van der Waals surface area contributed by atoms with Crippen molar-refractivity contribution in [3.05, 3.63) is 58.9 Å². The zero-order chi connectivity index (χ0) is 17.1. The van der Waals surface area contributed by atoms with Crippen molar-refractivity contribution in [1.29, 1.82) is 0 Å². The molecule has 1 heterocycles. The number of nitrogens with zero attached hydrogens (tertiary/aromatic N) is 2. The highest BCUT2D eigenvalue weighted by Gasteiger charge is 2.23. The molecule has 0 aliphatic carbocycles. The Bertz CT molecular complexity index is 725. The Labute approximate surface area is 145 Å². The molecular formula is C18H19ClFN3O. The van der Waals surface area contributed by atoms with E-state index in [4.69, 9.17) is 11.6 Å². The lowest BCUT2D eigenvalue weighted by atomic mass is 10.2. The number of piperazine rings is 1. The van der Waals surface area contributed by atoms with Gasteiger partial charge in [-0.3, -0.25) is 0 Å². The molecule has 3 rings (SSSR count). The first-order valence-electron chi connectivity index (χ1n) is 7.87. The van der Waals surface area contributed by atoms with E-state index in [1.54, 1.807) is 23.1 Å². The van der Waals surface area contributed by atoms with Crippen LogP contribution < -0.4 is 10.2 Å². The second-order valence-electron chi connectivity index (χ2n) is 5.79. The first kappa shape index (κ1) is 16.6. The molecule has 1 N–H and O–H groups in total. The van der Waals surface area contributed by atoms with Crippen molar-refractivity contribution in [2.45, 2.75) is 6.92 Å². The second kappa shape index (κ2) is 7.09. The molecule has 0 saturated carbocycles. The predicted molar refractivity (Wildman–Crippen MR) is 95.4 cm³/mol. The maximum absolute atomic E-state index is 13.9. The van der Waals surface area contributed by atoms with Gasteiger partial charge in [0.2, 0.25) is 0 Å². The lowest BCUT2D eigenvalue weighted by molar-refractivity contribution is 0.208. The van der Waals surface area contributed by atoms with E-state index >= 15 is 0 Å². The standard InChI is InChI=1S/C18H19ClFN3O/c1-13-5-4-6-14(19)17(13)21-18(24)23-11-9-22(10-12-23)16-8-3-2-7-15(16)20/h2-8H,9-12H2,1H3,(H,21,24). The summed E-state index contributed by atoms with van der Waals surface area (Å²) in [5.41, 5.74) is 2.14. The van der Waals surface area contributed by atoms with Gasteiger partial charge in [-0.15, -0.1) is 0 Å². The number of carbonyl (C=O) groups excluding carboxylic acids is 1. The van der Waals surface area contributed by atoms with E-state index in [9.17, 15) is 9.18 Å². The highest BCUT2D eigenvalue weighted by Crippen LogP contribution is 2.26. The number of urea groups is 1. The van der Waals surface area contributed by atoms with Gasteiger partial charge in [-0.05, 0) is 30.7 Å². The third-order valence-corrected chi connectivity index (χ3v) is 4.53. The molecular weight excluding hydrogens is 329 g/mol. The van der Waals surface area contributed by atoms with E-state index in [-0.39, 0.29) is 11.8 Å². The van der Waals surface area contributed by atoms with Crippen LogP contribution in [0, 0.1) is 12.7 Å². The Morgan fingerprint density at radius 2 is 1.79 bits per heavy atom.